The first-order valence-electron chi connectivity index (χ1n) is 10.1. The molecule has 31 heavy (non-hydrogen) atoms. The van der Waals surface area contributed by atoms with Crippen molar-refractivity contribution in [1.29, 1.82) is 0 Å². The molecule has 0 bridgehead atoms. The number of rotatable bonds is 8. The molecule has 3 rings (SSSR count). The molecule has 0 unspecified atom stereocenters. The van der Waals surface area contributed by atoms with E-state index in [4.69, 9.17) is 14.2 Å². The first-order chi connectivity index (χ1) is 14.8. The minimum Gasteiger partial charge on any atom is -0.496 e. The normalized spacial score (nSPS) is 14.4. The number of amides is 1. The lowest BCUT2D eigenvalue weighted by molar-refractivity contribution is 0.0300. The number of carbonyl (C=O) groups is 1. The molecule has 0 atom stereocenters. The fraction of sp³-hybridized carbons (Fsp3) is 0.409. The van der Waals surface area contributed by atoms with Gasteiger partial charge in [-0.05, 0) is 55.3 Å². The van der Waals surface area contributed by atoms with Crippen LogP contribution in [0.5, 0.6) is 11.5 Å². The maximum absolute atomic E-state index is 12.9. The van der Waals surface area contributed by atoms with Crippen molar-refractivity contribution < 1.29 is 27.4 Å². The van der Waals surface area contributed by atoms with Crippen molar-refractivity contribution in [3.63, 3.8) is 0 Å². The Kier molecular flexibility index (Phi) is 7.53. The molecule has 0 aromatic heterocycles. The topological polar surface area (TPSA) is 94.2 Å². The SMILES string of the molecule is COc1ccc(S(=O)(=O)NCCOc2cc(C)cc(C)c2)cc1C(=O)N1CCOCC1. The fourth-order valence-electron chi connectivity index (χ4n) is 3.40. The van der Waals surface area contributed by atoms with E-state index in [1.807, 2.05) is 32.0 Å². The summed E-state index contributed by atoms with van der Waals surface area (Å²) in [5.41, 5.74) is 2.36. The van der Waals surface area contributed by atoms with Gasteiger partial charge in [0.1, 0.15) is 18.1 Å². The maximum atomic E-state index is 12.9. The molecular formula is C22H28N2O6S. The van der Waals surface area contributed by atoms with Gasteiger partial charge in [0.15, 0.2) is 0 Å². The standard InChI is InChI=1S/C22H28N2O6S/c1-16-12-17(2)14-18(13-16)30-9-6-23-31(26,27)19-4-5-21(28-3)20(15-19)22(25)24-7-10-29-11-8-24/h4-5,12-15,23H,6-11H2,1-3H3. The molecule has 0 radical (unpaired) electrons. The Hall–Kier alpha value is -2.62. The van der Waals surface area contributed by atoms with Crippen LogP contribution >= 0.6 is 0 Å². The van der Waals surface area contributed by atoms with E-state index in [1.54, 1.807) is 4.90 Å². The van der Waals surface area contributed by atoms with Crippen LogP contribution in [0.1, 0.15) is 21.5 Å². The molecule has 2 aromatic rings. The number of nitrogens with one attached hydrogen (secondary N) is 1. The third-order valence-corrected chi connectivity index (χ3v) is 6.33. The fourth-order valence-corrected chi connectivity index (χ4v) is 4.44. The van der Waals surface area contributed by atoms with Crippen molar-refractivity contribution in [2.24, 2.45) is 0 Å². The Balaban J connectivity index is 1.67. The van der Waals surface area contributed by atoms with Crippen LogP contribution in [-0.2, 0) is 14.8 Å². The second-order valence-corrected chi connectivity index (χ2v) is 9.10. The van der Waals surface area contributed by atoms with Gasteiger partial charge in [0.2, 0.25) is 10.0 Å². The second-order valence-electron chi connectivity index (χ2n) is 7.34. The number of carbonyl (C=O) groups excluding carboxylic acids is 1. The summed E-state index contributed by atoms with van der Waals surface area (Å²) >= 11 is 0. The average molecular weight is 449 g/mol. The smallest absolute Gasteiger partial charge is 0.257 e. The van der Waals surface area contributed by atoms with E-state index >= 15 is 0 Å². The van der Waals surface area contributed by atoms with Gasteiger partial charge < -0.3 is 19.1 Å². The zero-order valence-electron chi connectivity index (χ0n) is 18.0. The quantitative estimate of drug-likeness (QED) is 0.622. The van der Waals surface area contributed by atoms with Crippen LogP contribution in [0.4, 0.5) is 0 Å². The molecule has 0 aliphatic carbocycles. The number of aryl methyl sites for hydroxylation is 2. The number of morpholine rings is 1. The number of ether oxygens (including phenoxy) is 3. The van der Waals surface area contributed by atoms with Crippen LogP contribution in [0.15, 0.2) is 41.3 Å². The summed E-state index contributed by atoms with van der Waals surface area (Å²) in [5.74, 6) is 0.739. The zero-order chi connectivity index (χ0) is 22.4. The summed E-state index contributed by atoms with van der Waals surface area (Å²) in [6.45, 7) is 6.03. The van der Waals surface area contributed by atoms with Gasteiger partial charge in [-0.25, -0.2) is 13.1 Å². The minimum atomic E-state index is -3.82. The molecule has 0 saturated carbocycles. The zero-order valence-corrected chi connectivity index (χ0v) is 18.8. The molecule has 1 aliphatic heterocycles. The van der Waals surface area contributed by atoms with Crippen LogP contribution in [0.2, 0.25) is 0 Å². The molecule has 0 spiro atoms. The van der Waals surface area contributed by atoms with Crippen molar-refractivity contribution in [1.82, 2.24) is 9.62 Å². The van der Waals surface area contributed by atoms with Gasteiger partial charge >= 0.3 is 0 Å². The molecular weight excluding hydrogens is 420 g/mol. The first kappa shape index (κ1) is 23.1. The van der Waals surface area contributed by atoms with Gasteiger partial charge in [0.25, 0.3) is 5.91 Å². The summed E-state index contributed by atoms with van der Waals surface area (Å²) in [7, 11) is -2.38. The van der Waals surface area contributed by atoms with Crippen LogP contribution in [0.3, 0.4) is 0 Å². The molecule has 1 amide bonds. The average Bonchev–Trinajstić information content (AvgIpc) is 2.75. The molecule has 1 aliphatic rings. The maximum Gasteiger partial charge on any atom is 0.257 e. The number of benzene rings is 2. The van der Waals surface area contributed by atoms with E-state index in [1.165, 1.54) is 25.3 Å². The lowest BCUT2D eigenvalue weighted by Gasteiger charge is -2.27. The highest BCUT2D eigenvalue weighted by Crippen LogP contribution is 2.24. The largest absolute Gasteiger partial charge is 0.496 e. The van der Waals surface area contributed by atoms with E-state index in [2.05, 4.69) is 4.72 Å². The van der Waals surface area contributed by atoms with Crippen LogP contribution < -0.4 is 14.2 Å². The second kappa shape index (κ2) is 10.1. The number of hydrogen-bond acceptors (Lipinski definition) is 6. The van der Waals surface area contributed by atoms with Crippen LogP contribution in [-0.4, -0.2) is 65.8 Å². The first-order valence-corrected chi connectivity index (χ1v) is 11.5. The van der Waals surface area contributed by atoms with Crippen molar-refractivity contribution in [2.45, 2.75) is 18.7 Å². The highest BCUT2D eigenvalue weighted by molar-refractivity contribution is 7.89. The minimum absolute atomic E-state index is 0.00342. The van der Waals surface area contributed by atoms with Crippen LogP contribution in [0, 0.1) is 13.8 Å². The lowest BCUT2D eigenvalue weighted by atomic mass is 10.1. The summed E-state index contributed by atoms with van der Waals surface area (Å²) in [6.07, 6.45) is 0. The van der Waals surface area contributed by atoms with Gasteiger partial charge in [-0.15, -0.1) is 0 Å². The molecule has 168 valence electrons. The van der Waals surface area contributed by atoms with Gasteiger partial charge in [-0.3, -0.25) is 4.79 Å². The van der Waals surface area contributed by atoms with E-state index < -0.39 is 10.0 Å². The number of hydrogen-bond donors (Lipinski definition) is 1. The van der Waals surface area contributed by atoms with Crippen molar-refractivity contribution >= 4 is 15.9 Å². The Morgan fingerprint density at radius 3 is 2.42 bits per heavy atom. The molecule has 8 nitrogen and oxygen atoms in total. The Bertz CT molecular complexity index is 1010. The highest BCUT2D eigenvalue weighted by atomic mass is 32.2. The summed E-state index contributed by atoms with van der Waals surface area (Å²) in [5, 5.41) is 0. The van der Waals surface area contributed by atoms with E-state index in [0.29, 0.717) is 37.8 Å². The summed E-state index contributed by atoms with van der Waals surface area (Å²) in [4.78, 5) is 14.5. The monoisotopic (exact) mass is 448 g/mol. The predicted molar refractivity (Wildman–Crippen MR) is 116 cm³/mol. The van der Waals surface area contributed by atoms with E-state index in [0.717, 1.165) is 11.1 Å². The third-order valence-electron chi connectivity index (χ3n) is 4.87. The number of methoxy groups -OCH3 is 1. The van der Waals surface area contributed by atoms with Crippen molar-refractivity contribution in [3.8, 4) is 11.5 Å². The molecule has 1 heterocycles. The summed E-state index contributed by atoms with van der Waals surface area (Å²) in [6, 6.07) is 10.1. The molecule has 2 aromatic carbocycles. The number of sulfonamides is 1. The Morgan fingerprint density at radius 1 is 1.10 bits per heavy atom. The lowest BCUT2D eigenvalue weighted by Crippen LogP contribution is -2.40. The number of nitrogens with zero attached hydrogens (tertiary/aromatic N) is 1. The molecule has 1 N–H and O–H groups in total. The van der Waals surface area contributed by atoms with Gasteiger partial charge in [0.05, 0.1) is 30.8 Å². The predicted octanol–water partition coefficient (Wildman–Crippen LogP) is 2.14. The van der Waals surface area contributed by atoms with Crippen molar-refractivity contribution in [3.05, 3.63) is 53.1 Å². The third kappa shape index (κ3) is 5.96. The Labute approximate surface area is 183 Å². The van der Waals surface area contributed by atoms with Crippen LogP contribution in [0.25, 0.3) is 0 Å². The van der Waals surface area contributed by atoms with Gasteiger partial charge in [-0.1, -0.05) is 6.07 Å². The molecule has 1 saturated heterocycles. The highest BCUT2D eigenvalue weighted by Gasteiger charge is 2.24. The van der Waals surface area contributed by atoms with Crippen molar-refractivity contribution in [2.75, 3.05) is 46.6 Å². The van der Waals surface area contributed by atoms with E-state index in [9.17, 15) is 13.2 Å². The Morgan fingerprint density at radius 2 is 1.77 bits per heavy atom. The van der Waals surface area contributed by atoms with Gasteiger partial charge in [-0.2, -0.15) is 0 Å². The molecule has 9 heteroatoms. The molecule has 1 fully saturated rings. The van der Waals surface area contributed by atoms with Gasteiger partial charge in [0, 0.05) is 19.6 Å². The summed E-state index contributed by atoms with van der Waals surface area (Å²) < 4.78 is 44.2. The van der Waals surface area contributed by atoms with E-state index in [-0.39, 0.29) is 29.5 Å².